The molecule has 0 radical (unpaired) electrons. The molecule has 6 N–H and O–H groups in total. The van der Waals surface area contributed by atoms with Crippen molar-refractivity contribution in [3.05, 3.63) is 29.3 Å². The summed E-state index contributed by atoms with van der Waals surface area (Å²) in [5.41, 5.74) is 10.8. The molecule has 1 aromatic rings. The molecule has 1 rings (SSSR count). The van der Waals surface area contributed by atoms with Crippen LogP contribution in [0.4, 0.5) is 10.5 Å². The van der Waals surface area contributed by atoms with Gasteiger partial charge >= 0.3 is 6.03 Å². The molecule has 1 aromatic carbocycles. The SMILES string of the molecule is NC(=O)NC(N)=Nc1ccc(Cl)cc1.O=CO. The fraction of sp³-hybridized carbons (Fsp3) is 0. The molecule has 0 atom stereocenters. The number of hydrogen-bond donors (Lipinski definition) is 4. The molecule has 92 valence electrons. The first-order valence-corrected chi connectivity index (χ1v) is 4.61. The average Bonchev–Trinajstić information content (AvgIpc) is 2.21. The maximum atomic E-state index is 10.4. The standard InChI is InChI=1S/C8H9ClN4O.CH2O2/c9-5-1-3-6(4-2-5)12-7(10)13-8(11)14;2-1-3/h1-4H,(H5,10,11,12,13,14);1H,(H,2,3). The number of hydrogen-bond acceptors (Lipinski definition) is 3. The van der Waals surface area contributed by atoms with E-state index in [1.165, 1.54) is 0 Å². The van der Waals surface area contributed by atoms with Gasteiger partial charge in [-0.05, 0) is 24.3 Å². The number of carboxylic acid groups (broad SMARTS) is 1. The van der Waals surface area contributed by atoms with Crippen LogP contribution in [-0.2, 0) is 4.79 Å². The molecular formula is C9H11ClN4O3. The third kappa shape index (κ3) is 7.63. The van der Waals surface area contributed by atoms with E-state index in [0.717, 1.165) is 0 Å². The van der Waals surface area contributed by atoms with Gasteiger partial charge in [0, 0.05) is 5.02 Å². The number of nitrogens with one attached hydrogen (secondary N) is 1. The lowest BCUT2D eigenvalue weighted by atomic mass is 10.3. The Balaban J connectivity index is 0.000000770. The fourth-order valence-corrected chi connectivity index (χ4v) is 0.935. The molecule has 0 fully saturated rings. The van der Waals surface area contributed by atoms with Gasteiger partial charge in [-0.15, -0.1) is 0 Å². The topological polar surface area (TPSA) is 131 Å². The molecule has 0 bridgehead atoms. The van der Waals surface area contributed by atoms with E-state index in [0.29, 0.717) is 10.7 Å². The molecule has 0 aliphatic heterocycles. The van der Waals surface area contributed by atoms with Crippen LogP contribution in [0.15, 0.2) is 29.3 Å². The summed E-state index contributed by atoms with van der Waals surface area (Å²) >= 11 is 5.66. The Morgan fingerprint density at radius 2 is 1.82 bits per heavy atom. The van der Waals surface area contributed by atoms with Gasteiger partial charge < -0.3 is 16.6 Å². The molecule has 0 spiro atoms. The molecule has 0 aromatic heterocycles. The number of aliphatic imine (C=N–C) groups is 1. The van der Waals surface area contributed by atoms with Gasteiger partial charge in [0.2, 0.25) is 5.96 Å². The van der Waals surface area contributed by atoms with Crippen molar-refractivity contribution in [3.63, 3.8) is 0 Å². The Morgan fingerprint density at radius 1 is 1.35 bits per heavy atom. The summed E-state index contributed by atoms with van der Waals surface area (Å²) in [5.74, 6) is -0.0557. The van der Waals surface area contributed by atoms with Crippen LogP contribution >= 0.6 is 11.6 Å². The van der Waals surface area contributed by atoms with E-state index in [4.69, 9.17) is 33.0 Å². The number of nitrogens with two attached hydrogens (primary N) is 2. The van der Waals surface area contributed by atoms with Crippen molar-refractivity contribution in [1.82, 2.24) is 5.32 Å². The quantitative estimate of drug-likeness (QED) is 0.335. The monoisotopic (exact) mass is 258 g/mol. The van der Waals surface area contributed by atoms with E-state index in [2.05, 4.69) is 10.3 Å². The van der Waals surface area contributed by atoms with Crippen molar-refractivity contribution in [1.29, 1.82) is 0 Å². The second kappa shape index (κ2) is 7.94. The summed E-state index contributed by atoms with van der Waals surface area (Å²) in [6.07, 6.45) is 0. The number of primary amides is 1. The zero-order valence-electron chi connectivity index (χ0n) is 8.63. The van der Waals surface area contributed by atoms with Crippen LogP contribution in [0, 0.1) is 0 Å². The number of carbonyl (C=O) groups excluding carboxylic acids is 1. The van der Waals surface area contributed by atoms with Gasteiger partial charge in [0.05, 0.1) is 5.69 Å². The number of halogens is 1. The van der Waals surface area contributed by atoms with Gasteiger partial charge in [-0.25, -0.2) is 9.79 Å². The van der Waals surface area contributed by atoms with Crippen LogP contribution in [-0.4, -0.2) is 23.6 Å². The molecule has 0 aliphatic carbocycles. The number of rotatable bonds is 1. The Hall–Kier alpha value is -2.28. The molecule has 2 amide bonds. The summed E-state index contributed by atoms with van der Waals surface area (Å²) in [5, 5.41) is 9.63. The van der Waals surface area contributed by atoms with Crippen LogP contribution in [0.25, 0.3) is 0 Å². The maximum absolute atomic E-state index is 10.4. The molecule has 0 aliphatic rings. The van der Waals surface area contributed by atoms with Crippen LogP contribution < -0.4 is 16.8 Å². The smallest absolute Gasteiger partial charge is 0.318 e. The van der Waals surface area contributed by atoms with E-state index in [1.807, 2.05) is 0 Å². The van der Waals surface area contributed by atoms with Gasteiger partial charge in [0.15, 0.2) is 0 Å². The highest BCUT2D eigenvalue weighted by atomic mass is 35.5. The van der Waals surface area contributed by atoms with Gasteiger partial charge in [-0.1, -0.05) is 11.6 Å². The number of amides is 2. The Morgan fingerprint density at radius 3 is 2.24 bits per heavy atom. The van der Waals surface area contributed by atoms with E-state index in [1.54, 1.807) is 24.3 Å². The first-order valence-electron chi connectivity index (χ1n) is 4.23. The number of benzene rings is 1. The molecule has 0 heterocycles. The van der Waals surface area contributed by atoms with Gasteiger partial charge in [0.1, 0.15) is 0 Å². The Bertz CT molecular complexity index is 405. The average molecular weight is 259 g/mol. The molecule has 0 unspecified atom stereocenters. The molecule has 0 saturated heterocycles. The lowest BCUT2D eigenvalue weighted by molar-refractivity contribution is -0.122. The summed E-state index contributed by atoms with van der Waals surface area (Å²) in [6.45, 7) is -0.250. The van der Waals surface area contributed by atoms with E-state index in [9.17, 15) is 4.79 Å². The summed E-state index contributed by atoms with van der Waals surface area (Å²) in [7, 11) is 0. The largest absolute Gasteiger partial charge is 0.483 e. The third-order valence-corrected chi connectivity index (χ3v) is 1.58. The van der Waals surface area contributed by atoms with Crippen molar-refractivity contribution in [2.75, 3.05) is 0 Å². The van der Waals surface area contributed by atoms with Crippen molar-refractivity contribution in [3.8, 4) is 0 Å². The minimum atomic E-state index is -0.750. The number of guanidine groups is 1. The summed E-state index contributed by atoms with van der Waals surface area (Å²) in [4.78, 5) is 22.6. The van der Waals surface area contributed by atoms with Gasteiger partial charge in [-0.3, -0.25) is 10.1 Å². The van der Waals surface area contributed by atoms with Gasteiger partial charge in [-0.2, -0.15) is 0 Å². The van der Waals surface area contributed by atoms with E-state index in [-0.39, 0.29) is 12.4 Å². The zero-order chi connectivity index (χ0) is 13.3. The highest BCUT2D eigenvalue weighted by molar-refractivity contribution is 6.30. The minimum absolute atomic E-state index is 0.0557. The van der Waals surface area contributed by atoms with E-state index >= 15 is 0 Å². The number of nitrogens with zero attached hydrogens (tertiary/aromatic N) is 1. The van der Waals surface area contributed by atoms with Crippen molar-refractivity contribution >= 4 is 35.8 Å². The number of urea groups is 1. The predicted molar refractivity (Wildman–Crippen MR) is 64.1 cm³/mol. The van der Waals surface area contributed by atoms with E-state index < -0.39 is 6.03 Å². The highest BCUT2D eigenvalue weighted by Gasteiger charge is 1.96. The van der Waals surface area contributed by atoms with Crippen LogP contribution in [0.3, 0.4) is 0 Å². The second-order valence-electron chi connectivity index (χ2n) is 2.57. The van der Waals surface area contributed by atoms with Gasteiger partial charge in [0.25, 0.3) is 6.47 Å². The van der Waals surface area contributed by atoms with Crippen LogP contribution in [0.2, 0.25) is 5.02 Å². The molecular weight excluding hydrogens is 248 g/mol. The normalized spacial score (nSPS) is 9.82. The summed E-state index contributed by atoms with van der Waals surface area (Å²) < 4.78 is 0. The number of carbonyl (C=O) groups is 2. The Labute approximate surface area is 102 Å². The molecule has 8 heteroatoms. The highest BCUT2D eigenvalue weighted by Crippen LogP contribution is 2.15. The summed E-state index contributed by atoms with van der Waals surface area (Å²) in [6, 6.07) is 5.91. The molecule has 17 heavy (non-hydrogen) atoms. The lowest BCUT2D eigenvalue weighted by Gasteiger charge is -1.99. The first kappa shape index (κ1) is 14.7. The van der Waals surface area contributed by atoms with Crippen molar-refractivity contribution in [2.24, 2.45) is 16.5 Å². The zero-order valence-corrected chi connectivity index (χ0v) is 9.39. The third-order valence-electron chi connectivity index (χ3n) is 1.33. The fourth-order valence-electron chi connectivity index (χ4n) is 0.809. The molecule has 7 nitrogen and oxygen atoms in total. The second-order valence-corrected chi connectivity index (χ2v) is 3.00. The first-order chi connectivity index (χ1) is 7.99. The molecule has 0 saturated carbocycles. The van der Waals surface area contributed by atoms with Crippen molar-refractivity contribution in [2.45, 2.75) is 0 Å². The maximum Gasteiger partial charge on any atom is 0.318 e. The van der Waals surface area contributed by atoms with Crippen LogP contribution in [0.1, 0.15) is 0 Å². The minimum Gasteiger partial charge on any atom is -0.483 e. The predicted octanol–water partition coefficient (Wildman–Crippen LogP) is 0.655. The van der Waals surface area contributed by atoms with Crippen LogP contribution in [0.5, 0.6) is 0 Å². The Kier molecular flexibility index (Phi) is 6.88. The lowest BCUT2D eigenvalue weighted by Crippen LogP contribution is -2.39. The van der Waals surface area contributed by atoms with Crippen molar-refractivity contribution < 1.29 is 14.7 Å².